The van der Waals surface area contributed by atoms with E-state index in [2.05, 4.69) is 18.2 Å². The number of esters is 1. The smallest absolute Gasteiger partial charge is 0.316 e. The van der Waals surface area contributed by atoms with E-state index in [1.54, 1.807) is 0 Å². The molecule has 0 atom stereocenters. The van der Waals surface area contributed by atoms with Gasteiger partial charge in [0.1, 0.15) is 5.03 Å². The van der Waals surface area contributed by atoms with Crippen LogP contribution < -0.4 is 0 Å². The van der Waals surface area contributed by atoms with Crippen LogP contribution in [0.5, 0.6) is 0 Å². The van der Waals surface area contributed by atoms with Gasteiger partial charge in [0.05, 0.1) is 17.9 Å². The molecule has 1 aromatic carbocycles. The molecule has 0 amide bonds. The molecule has 3 rings (SSSR count). The Morgan fingerprint density at radius 3 is 2.81 bits per heavy atom. The molecular weight excluding hydrogens is 282 g/mol. The van der Waals surface area contributed by atoms with Crippen LogP contribution in [0.2, 0.25) is 0 Å². The van der Waals surface area contributed by atoms with Gasteiger partial charge in [-0.1, -0.05) is 11.8 Å². The normalized spacial score (nSPS) is 13.4. The fraction of sp³-hybridized carbons (Fsp3) is 0.412. The van der Waals surface area contributed by atoms with Crippen molar-refractivity contribution in [1.29, 1.82) is 0 Å². The second-order valence-electron chi connectivity index (χ2n) is 5.37. The second kappa shape index (κ2) is 6.06. The molecule has 0 saturated heterocycles. The summed E-state index contributed by atoms with van der Waals surface area (Å²) in [6.07, 6.45) is 3.59. The van der Waals surface area contributed by atoms with Gasteiger partial charge < -0.3 is 4.74 Å². The summed E-state index contributed by atoms with van der Waals surface area (Å²) in [4.78, 5) is 16.2. The fourth-order valence-corrected chi connectivity index (χ4v) is 3.60. The predicted octanol–water partition coefficient (Wildman–Crippen LogP) is 3.69. The van der Waals surface area contributed by atoms with Gasteiger partial charge in [-0.15, -0.1) is 0 Å². The molecule has 0 aliphatic heterocycles. The van der Waals surface area contributed by atoms with E-state index in [0.717, 1.165) is 22.5 Å². The van der Waals surface area contributed by atoms with Gasteiger partial charge in [0, 0.05) is 5.39 Å². The van der Waals surface area contributed by atoms with Crippen LogP contribution in [0.15, 0.2) is 23.2 Å². The second-order valence-corrected chi connectivity index (χ2v) is 6.34. The van der Waals surface area contributed by atoms with E-state index >= 15 is 0 Å². The zero-order valence-corrected chi connectivity index (χ0v) is 13.3. The number of rotatable bonds is 4. The van der Waals surface area contributed by atoms with Crippen molar-refractivity contribution < 1.29 is 9.53 Å². The van der Waals surface area contributed by atoms with Gasteiger partial charge in [0.2, 0.25) is 0 Å². The quantitative estimate of drug-likeness (QED) is 0.638. The lowest BCUT2D eigenvalue weighted by Crippen LogP contribution is -2.07. The van der Waals surface area contributed by atoms with Gasteiger partial charge in [-0.25, -0.2) is 4.98 Å². The number of ether oxygens (including phenoxy) is 1. The van der Waals surface area contributed by atoms with Crippen LogP contribution in [-0.2, 0) is 22.4 Å². The number of fused-ring (bicyclic) bond motifs is 2. The molecule has 0 spiro atoms. The van der Waals surface area contributed by atoms with Crippen molar-refractivity contribution >= 4 is 28.6 Å². The van der Waals surface area contributed by atoms with E-state index in [1.807, 2.05) is 13.8 Å². The Labute approximate surface area is 129 Å². The first-order valence-electron chi connectivity index (χ1n) is 7.39. The SMILES string of the molecule is CCOC(=O)CSc1nc2cc3c(cc2cc1C)CCC3. The number of thioether (sulfide) groups is 1. The number of benzene rings is 1. The summed E-state index contributed by atoms with van der Waals surface area (Å²) in [7, 11) is 0. The van der Waals surface area contributed by atoms with Crippen LogP contribution in [0.3, 0.4) is 0 Å². The maximum Gasteiger partial charge on any atom is 0.316 e. The molecule has 21 heavy (non-hydrogen) atoms. The lowest BCUT2D eigenvalue weighted by atomic mass is 10.1. The molecule has 0 N–H and O–H groups in total. The number of carbonyl (C=O) groups excluding carboxylic acids is 1. The molecule has 0 bridgehead atoms. The maximum absolute atomic E-state index is 11.5. The third-order valence-corrected chi connectivity index (χ3v) is 4.87. The third kappa shape index (κ3) is 3.05. The monoisotopic (exact) mass is 301 g/mol. The van der Waals surface area contributed by atoms with Crippen molar-refractivity contribution in [2.75, 3.05) is 12.4 Å². The van der Waals surface area contributed by atoms with Gasteiger partial charge in [-0.2, -0.15) is 0 Å². The molecule has 4 heteroatoms. The molecule has 110 valence electrons. The number of carbonyl (C=O) groups is 1. The predicted molar refractivity (Wildman–Crippen MR) is 85.9 cm³/mol. The number of hydrogen-bond donors (Lipinski definition) is 0. The van der Waals surface area contributed by atoms with Crippen LogP contribution in [0.1, 0.15) is 30.0 Å². The Balaban J connectivity index is 1.88. The summed E-state index contributed by atoms with van der Waals surface area (Å²) in [6.45, 7) is 4.30. The van der Waals surface area contributed by atoms with Crippen LogP contribution >= 0.6 is 11.8 Å². The molecule has 1 aliphatic carbocycles. The minimum atomic E-state index is -0.183. The summed E-state index contributed by atoms with van der Waals surface area (Å²) in [6, 6.07) is 6.66. The summed E-state index contributed by atoms with van der Waals surface area (Å²) in [5, 5.41) is 2.13. The number of pyridine rings is 1. The lowest BCUT2D eigenvalue weighted by molar-refractivity contribution is -0.139. The summed E-state index contributed by atoms with van der Waals surface area (Å²) >= 11 is 1.46. The molecule has 1 aromatic heterocycles. The number of aryl methyl sites for hydroxylation is 3. The van der Waals surface area contributed by atoms with Gasteiger partial charge in [-0.3, -0.25) is 4.79 Å². The van der Waals surface area contributed by atoms with Crippen LogP contribution in [0.4, 0.5) is 0 Å². The van der Waals surface area contributed by atoms with Crippen molar-refractivity contribution in [1.82, 2.24) is 4.98 Å². The van der Waals surface area contributed by atoms with Gasteiger partial charge in [-0.05, 0) is 68.0 Å². The molecule has 0 unspecified atom stereocenters. The third-order valence-electron chi connectivity index (χ3n) is 3.80. The number of nitrogens with zero attached hydrogens (tertiary/aromatic N) is 1. The lowest BCUT2D eigenvalue weighted by Gasteiger charge is -2.09. The van der Waals surface area contributed by atoms with Gasteiger partial charge >= 0.3 is 5.97 Å². The highest BCUT2D eigenvalue weighted by Gasteiger charge is 2.14. The van der Waals surface area contributed by atoms with Crippen molar-refractivity contribution in [3.8, 4) is 0 Å². The van der Waals surface area contributed by atoms with E-state index in [4.69, 9.17) is 9.72 Å². The molecule has 2 aromatic rings. The average Bonchev–Trinajstić information content (AvgIpc) is 2.90. The van der Waals surface area contributed by atoms with E-state index in [0.29, 0.717) is 12.4 Å². The molecule has 0 radical (unpaired) electrons. The standard InChI is InChI=1S/C17H19NO2S/c1-3-20-16(19)10-21-17-11(2)7-14-8-12-5-4-6-13(12)9-15(14)18-17/h7-9H,3-6,10H2,1-2H3. The first-order valence-corrected chi connectivity index (χ1v) is 8.37. The van der Waals surface area contributed by atoms with Gasteiger partial charge in [0.25, 0.3) is 0 Å². The van der Waals surface area contributed by atoms with Crippen LogP contribution in [0.25, 0.3) is 10.9 Å². The maximum atomic E-state index is 11.5. The van der Waals surface area contributed by atoms with E-state index in [9.17, 15) is 4.79 Å². The van der Waals surface area contributed by atoms with Crippen molar-refractivity contribution in [3.05, 3.63) is 34.9 Å². The highest BCUT2D eigenvalue weighted by atomic mass is 32.2. The average molecular weight is 301 g/mol. The Bertz CT molecular complexity index is 697. The van der Waals surface area contributed by atoms with Crippen LogP contribution in [-0.4, -0.2) is 23.3 Å². The minimum absolute atomic E-state index is 0.183. The Morgan fingerprint density at radius 2 is 2.05 bits per heavy atom. The molecular formula is C17H19NO2S. The van der Waals surface area contributed by atoms with E-state index < -0.39 is 0 Å². The molecule has 0 saturated carbocycles. The molecule has 0 fully saturated rings. The van der Waals surface area contributed by atoms with Crippen molar-refractivity contribution in [2.45, 2.75) is 38.1 Å². The minimum Gasteiger partial charge on any atom is -0.465 e. The largest absolute Gasteiger partial charge is 0.465 e. The first kappa shape index (κ1) is 14.4. The van der Waals surface area contributed by atoms with E-state index in [-0.39, 0.29) is 5.97 Å². The summed E-state index contributed by atoms with van der Waals surface area (Å²) in [5.74, 6) is 0.135. The topological polar surface area (TPSA) is 39.2 Å². The van der Waals surface area contributed by atoms with Crippen LogP contribution in [0, 0.1) is 6.92 Å². The van der Waals surface area contributed by atoms with Crippen molar-refractivity contribution in [3.63, 3.8) is 0 Å². The summed E-state index contributed by atoms with van der Waals surface area (Å²) < 4.78 is 4.96. The highest BCUT2D eigenvalue weighted by Crippen LogP contribution is 2.30. The highest BCUT2D eigenvalue weighted by molar-refractivity contribution is 7.99. The number of aromatic nitrogens is 1. The Morgan fingerprint density at radius 1 is 1.29 bits per heavy atom. The zero-order chi connectivity index (χ0) is 14.8. The van der Waals surface area contributed by atoms with E-state index in [1.165, 1.54) is 41.1 Å². The van der Waals surface area contributed by atoms with Gasteiger partial charge in [0.15, 0.2) is 0 Å². The molecule has 1 aliphatic rings. The Kier molecular flexibility index (Phi) is 4.15. The van der Waals surface area contributed by atoms with Crippen molar-refractivity contribution in [2.24, 2.45) is 0 Å². The first-order chi connectivity index (χ1) is 10.2. The molecule has 3 nitrogen and oxygen atoms in total. The zero-order valence-electron chi connectivity index (χ0n) is 12.4. The Hall–Kier alpha value is -1.55. The fourth-order valence-electron chi connectivity index (χ4n) is 2.81. The summed E-state index contributed by atoms with van der Waals surface area (Å²) in [5.41, 5.74) is 5.05. The number of hydrogen-bond acceptors (Lipinski definition) is 4. The molecule has 1 heterocycles.